The minimum atomic E-state index is -3.30. The van der Waals surface area contributed by atoms with Crippen LogP contribution in [0.3, 0.4) is 0 Å². The number of anilines is 1. The van der Waals surface area contributed by atoms with Gasteiger partial charge in [-0.15, -0.1) is 0 Å². The fourth-order valence-corrected chi connectivity index (χ4v) is 3.13. The summed E-state index contributed by atoms with van der Waals surface area (Å²) in [6.45, 7) is 6.14. The zero-order chi connectivity index (χ0) is 17.5. The summed E-state index contributed by atoms with van der Waals surface area (Å²) < 4.78 is 27.2. The van der Waals surface area contributed by atoms with Crippen molar-refractivity contribution in [2.75, 3.05) is 11.0 Å². The van der Waals surface area contributed by atoms with Gasteiger partial charge in [-0.3, -0.25) is 9.40 Å². The molecule has 2 heterocycles. The number of hydrogen-bond acceptors (Lipinski definition) is 4. The molecule has 0 radical (unpaired) electrons. The summed E-state index contributed by atoms with van der Waals surface area (Å²) in [5.74, 6) is 0. The maximum Gasteiger partial charge on any atom is 0.229 e. The van der Waals surface area contributed by atoms with Gasteiger partial charge >= 0.3 is 0 Å². The van der Waals surface area contributed by atoms with E-state index in [0.717, 1.165) is 34.0 Å². The first kappa shape index (κ1) is 16.4. The van der Waals surface area contributed by atoms with E-state index in [1.165, 1.54) is 0 Å². The third kappa shape index (κ3) is 3.41. The standard InChI is InChI=1S/C17H20N4O2S/c1-11(2)21-10-13(9-18-21)17-7-12(3)15-8-14(20-24(4,22)23)5-6-16(15)19-17/h5-11,20H,1-4H3. The number of hydrogen-bond donors (Lipinski definition) is 1. The van der Waals surface area contributed by atoms with Crippen LogP contribution in [-0.2, 0) is 10.0 Å². The fraction of sp³-hybridized carbons (Fsp3) is 0.294. The molecule has 0 aliphatic heterocycles. The van der Waals surface area contributed by atoms with Gasteiger partial charge in [-0.05, 0) is 50.6 Å². The van der Waals surface area contributed by atoms with Gasteiger partial charge in [0.25, 0.3) is 0 Å². The van der Waals surface area contributed by atoms with Crippen LogP contribution in [0.4, 0.5) is 5.69 Å². The lowest BCUT2D eigenvalue weighted by molar-refractivity contribution is 0.532. The van der Waals surface area contributed by atoms with E-state index in [4.69, 9.17) is 0 Å². The van der Waals surface area contributed by atoms with E-state index in [2.05, 4.69) is 28.7 Å². The number of benzene rings is 1. The molecule has 0 fully saturated rings. The Morgan fingerprint density at radius 2 is 1.96 bits per heavy atom. The molecule has 0 bridgehead atoms. The Hall–Kier alpha value is -2.41. The molecule has 6 nitrogen and oxygen atoms in total. The third-order valence-electron chi connectivity index (χ3n) is 3.75. The van der Waals surface area contributed by atoms with E-state index >= 15 is 0 Å². The Labute approximate surface area is 141 Å². The second-order valence-electron chi connectivity index (χ2n) is 6.23. The van der Waals surface area contributed by atoms with Crippen LogP contribution in [-0.4, -0.2) is 29.4 Å². The van der Waals surface area contributed by atoms with Crippen LogP contribution >= 0.6 is 0 Å². The lowest BCUT2D eigenvalue weighted by Gasteiger charge is -2.09. The molecule has 3 rings (SSSR count). The molecule has 1 N–H and O–H groups in total. The van der Waals surface area contributed by atoms with Crippen LogP contribution in [0.25, 0.3) is 22.2 Å². The molecule has 0 spiro atoms. The second-order valence-corrected chi connectivity index (χ2v) is 7.98. The first-order valence-corrected chi connectivity index (χ1v) is 9.56. The molecule has 0 aliphatic carbocycles. The van der Waals surface area contributed by atoms with Gasteiger partial charge in [0.15, 0.2) is 0 Å². The van der Waals surface area contributed by atoms with Crippen LogP contribution < -0.4 is 4.72 Å². The molecule has 7 heteroatoms. The van der Waals surface area contributed by atoms with Crippen LogP contribution in [0.2, 0.25) is 0 Å². The van der Waals surface area contributed by atoms with Gasteiger partial charge in [-0.1, -0.05) is 0 Å². The van der Waals surface area contributed by atoms with Crippen LogP contribution in [0, 0.1) is 6.92 Å². The van der Waals surface area contributed by atoms with Gasteiger partial charge in [0, 0.05) is 28.9 Å². The minimum Gasteiger partial charge on any atom is -0.284 e. The van der Waals surface area contributed by atoms with Crippen molar-refractivity contribution in [1.82, 2.24) is 14.8 Å². The van der Waals surface area contributed by atoms with Crippen molar-refractivity contribution in [1.29, 1.82) is 0 Å². The SMILES string of the molecule is Cc1cc(-c2cnn(C(C)C)c2)nc2ccc(NS(C)(=O)=O)cc12. The van der Waals surface area contributed by atoms with E-state index in [-0.39, 0.29) is 0 Å². The number of pyridine rings is 1. The van der Waals surface area contributed by atoms with Crippen LogP contribution in [0.1, 0.15) is 25.5 Å². The summed E-state index contributed by atoms with van der Waals surface area (Å²) in [5, 5.41) is 5.28. The number of fused-ring (bicyclic) bond motifs is 1. The average Bonchev–Trinajstić information content (AvgIpc) is 2.96. The summed E-state index contributed by atoms with van der Waals surface area (Å²) in [7, 11) is -3.30. The van der Waals surface area contributed by atoms with E-state index in [9.17, 15) is 8.42 Å². The number of rotatable bonds is 4. The number of aryl methyl sites for hydroxylation is 1. The van der Waals surface area contributed by atoms with Crippen molar-refractivity contribution in [2.45, 2.75) is 26.8 Å². The largest absolute Gasteiger partial charge is 0.284 e. The van der Waals surface area contributed by atoms with E-state index < -0.39 is 10.0 Å². The maximum absolute atomic E-state index is 11.4. The molecule has 0 atom stereocenters. The molecule has 0 saturated heterocycles. The Morgan fingerprint density at radius 3 is 2.58 bits per heavy atom. The lowest BCUT2D eigenvalue weighted by Crippen LogP contribution is -2.09. The zero-order valence-corrected chi connectivity index (χ0v) is 14.9. The third-order valence-corrected chi connectivity index (χ3v) is 4.35. The molecular weight excluding hydrogens is 324 g/mol. The first-order chi connectivity index (χ1) is 11.2. The fourth-order valence-electron chi connectivity index (χ4n) is 2.57. The van der Waals surface area contributed by atoms with Crippen molar-refractivity contribution in [2.24, 2.45) is 0 Å². The Kier molecular flexibility index (Phi) is 4.04. The minimum absolute atomic E-state index is 0.296. The molecular formula is C17H20N4O2S. The zero-order valence-electron chi connectivity index (χ0n) is 14.1. The van der Waals surface area contributed by atoms with Gasteiger partial charge in [-0.25, -0.2) is 13.4 Å². The topological polar surface area (TPSA) is 76.9 Å². The van der Waals surface area contributed by atoms with Crippen LogP contribution in [0.5, 0.6) is 0 Å². The van der Waals surface area contributed by atoms with Gasteiger partial charge in [0.05, 0.1) is 23.7 Å². The summed E-state index contributed by atoms with van der Waals surface area (Å²) >= 11 is 0. The highest BCUT2D eigenvalue weighted by atomic mass is 32.2. The highest BCUT2D eigenvalue weighted by Gasteiger charge is 2.10. The Morgan fingerprint density at radius 1 is 1.21 bits per heavy atom. The lowest BCUT2D eigenvalue weighted by atomic mass is 10.1. The summed E-state index contributed by atoms with van der Waals surface area (Å²) in [4.78, 5) is 4.69. The quantitative estimate of drug-likeness (QED) is 0.787. The van der Waals surface area contributed by atoms with Crippen molar-refractivity contribution in [3.63, 3.8) is 0 Å². The molecule has 0 amide bonds. The van der Waals surface area contributed by atoms with Gasteiger partial charge in [-0.2, -0.15) is 5.10 Å². The van der Waals surface area contributed by atoms with E-state index in [1.54, 1.807) is 12.1 Å². The highest BCUT2D eigenvalue weighted by molar-refractivity contribution is 7.92. The summed E-state index contributed by atoms with van der Waals surface area (Å²) in [6.07, 6.45) is 4.93. The number of nitrogens with one attached hydrogen (secondary N) is 1. The van der Waals surface area contributed by atoms with E-state index in [0.29, 0.717) is 11.7 Å². The molecule has 0 aliphatic rings. The van der Waals surface area contributed by atoms with Gasteiger partial charge in [0.2, 0.25) is 10.0 Å². The summed E-state index contributed by atoms with van der Waals surface area (Å²) in [6, 6.07) is 7.64. The molecule has 2 aromatic heterocycles. The van der Waals surface area contributed by atoms with Crippen molar-refractivity contribution < 1.29 is 8.42 Å². The maximum atomic E-state index is 11.4. The number of sulfonamides is 1. The molecule has 3 aromatic rings. The van der Waals surface area contributed by atoms with Gasteiger partial charge < -0.3 is 0 Å². The smallest absolute Gasteiger partial charge is 0.229 e. The Bertz CT molecular complexity index is 1010. The normalized spacial score (nSPS) is 12.0. The highest BCUT2D eigenvalue weighted by Crippen LogP contribution is 2.27. The van der Waals surface area contributed by atoms with Crippen molar-refractivity contribution in [3.05, 3.63) is 42.2 Å². The monoisotopic (exact) mass is 344 g/mol. The molecule has 1 aromatic carbocycles. The number of nitrogens with zero attached hydrogens (tertiary/aromatic N) is 3. The molecule has 0 unspecified atom stereocenters. The second kappa shape index (κ2) is 5.90. The predicted molar refractivity (Wildman–Crippen MR) is 96.6 cm³/mol. The van der Waals surface area contributed by atoms with Crippen molar-refractivity contribution >= 4 is 26.6 Å². The molecule has 0 saturated carbocycles. The molecule has 24 heavy (non-hydrogen) atoms. The first-order valence-electron chi connectivity index (χ1n) is 7.66. The number of aromatic nitrogens is 3. The molecule has 126 valence electrons. The van der Waals surface area contributed by atoms with Crippen LogP contribution in [0.15, 0.2) is 36.7 Å². The van der Waals surface area contributed by atoms with Crippen molar-refractivity contribution in [3.8, 4) is 11.3 Å². The Balaban J connectivity index is 2.05. The van der Waals surface area contributed by atoms with Gasteiger partial charge in [0.1, 0.15) is 0 Å². The van der Waals surface area contributed by atoms with E-state index in [1.807, 2.05) is 36.1 Å². The predicted octanol–water partition coefficient (Wildman–Crippen LogP) is 3.36. The summed E-state index contributed by atoms with van der Waals surface area (Å²) in [5.41, 5.74) is 4.21. The average molecular weight is 344 g/mol.